The molecule has 0 bridgehead atoms. The number of anilines is 2. The largest absolute Gasteiger partial charge is 0.364 e. The Kier molecular flexibility index (Phi) is 4.58. The van der Waals surface area contributed by atoms with Gasteiger partial charge in [-0.2, -0.15) is 0 Å². The van der Waals surface area contributed by atoms with Crippen LogP contribution in [0.5, 0.6) is 0 Å². The molecule has 5 heteroatoms. The van der Waals surface area contributed by atoms with Crippen LogP contribution in [-0.2, 0) is 0 Å². The van der Waals surface area contributed by atoms with Gasteiger partial charge in [-0.3, -0.25) is 0 Å². The van der Waals surface area contributed by atoms with Crippen molar-refractivity contribution in [3.63, 3.8) is 0 Å². The molecule has 2 N–H and O–H groups in total. The van der Waals surface area contributed by atoms with E-state index in [2.05, 4.69) is 45.4 Å². The average Bonchev–Trinajstić information content (AvgIpc) is 2.39. The van der Waals surface area contributed by atoms with Gasteiger partial charge in [-0.25, -0.2) is 9.97 Å². The van der Waals surface area contributed by atoms with Crippen molar-refractivity contribution in [3.8, 4) is 0 Å². The molecule has 0 unspecified atom stereocenters. The Balaban J connectivity index is 2.06. The molecule has 0 aliphatic carbocycles. The number of nitrogens with one attached hydrogen (secondary N) is 2. The third-order valence-electron chi connectivity index (χ3n) is 3.42. The highest BCUT2D eigenvalue weighted by Gasteiger charge is 2.18. The highest BCUT2D eigenvalue weighted by atomic mass is 15.2. The second kappa shape index (κ2) is 6.19. The van der Waals surface area contributed by atoms with Crippen LogP contribution in [0.1, 0.15) is 33.1 Å². The normalized spacial score (nSPS) is 16.5. The third-order valence-corrected chi connectivity index (χ3v) is 3.42. The van der Waals surface area contributed by atoms with Crippen molar-refractivity contribution in [1.29, 1.82) is 0 Å². The molecule has 1 aromatic rings. The summed E-state index contributed by atoms with van der Waals surface area (Å²) in [4.78, 5) is 11.1. The number of rotatable bonds is 5. The first-order valence-corrected chi connectivity index (χ1v) is 7.10. The highest BCUT2D eigenvalue weighted by molar-refractivity contribution is 5.49. The van der Waals surface area contributed by atoms with Gasteiger partial charge in [-0.15, -0.1) is 0 Å². The molecule has 1 aliphatic rings. The van der Waals surface area contributed by atoms with E-state index >= 15 is 0 Å². The zero-order valence-electron chi connectivity index (χ0n) is 12.2. The van der Waals surface area contributed by atoms with E-state index in [0.29, 0.717) is 0 Å². The Hall–Kier alpha value is -1.36. The van der Waals surface area contributed by atoms with E-state index in [1.807, 2.05) is 7.05 Å². The first-order chi connectivity index (χ1) is 9.11. The summed E-state index contributed by atoms with van der Waals surface area (Å²) in [7, 11) is 1.96. The Bertz CT molecular complexity index is 399. The van der Waals surface area contributed by atoms with Gasteiger partial charge < -0.3 is 15.5 Å². The van der Waals surface area contributed by atoms with Gasteiger partial charge in [0.1, 0.15) is 18.0 Å². The van der Waals surface area contributed by atoms with Gasteiger partial charge in [0.2, 0.25) is 0 Å². The summed E-state index contributed by atoms with van der Waals surface area (Å²) in [6.45, 7) is 7.42. The lowest BCUT2D eigenvalue weighted by atomic mass is 10.1. The molecule has 1 aliphatic heterocycles. The molecule has 2 rings (SSSR count). The molecule has 106 valence electrons. The summed E-state index contributed by atoms with van der Waals surface area (Å²) in [5.41, 5.74) is -0.0255. The van der Waals surface area contributed by atoms with Crippen LogP contribution >= 0.6 is 0 Å². The number of aromatic nitrogens is 2. The first-order valence-electron chi connectivity index (χ1n) is 7.10. The number of hydrogen-bond acceptors (Lipinski definition) is 5. The minimum absolute atomic E-state index is 0.0255. The summed E-state index contributed by atoms with van der Waals surface area (Å²) in [5.74, 6) is 1.94. The SMILES string of the molecule is CNCC(C)(C)Nc1cc(N2CCCCC2)ncn1. The molecule has 0 amide bonds. The molecule has 2 heterocycles. The molecule has 0 radical (unpaired) electrons. The third kappa shape index (κ3) is 4.06. The molecule has 19 heavy (non-hydrogen) atoms. The lowest BCUT2D eigenvalue weighted by Gasteiger charge is -2.29. The van der Waals surface area contributed by atoms with Gasteiger partial charge in [-0.05, 0) is 40.2 Å². The second-order valence-corrected chi connectivity index (χ2v) is 5.85. The molecule has 1 saturated heterocycles. The van der Waals surface area contributed by atoms with Crippen molar-refractivity contribution in [3.05, 3.63) is 12.4 Å². The minimum atomic E-state index is -0.0255. The molecule has 5 nitrogen and oxygen atoms in total. The average molecular weight is 263 g/mol. The van der Waals surface area contributed by atoms with Crippen LogP contribution in [0.25, 0.3) is 0 Å². The summed E-state index contributed by atoms with van der Waals surface area (Å²) < 4.78 is 0. The fourth-order valence-corrected chi connectivity index (χ4v) is 2.54. The van der Waals surface area contributed by atoms with Gasteiger partial charge >= 0.3 is 0 Å². The minimum Gasteiger partial charge on any atom is -0.364 e. The second-order valence-electron chi connectivity index (χ2n) is 5.85. The number of piperidine rings is 1. The van der Waals surface area contributed by atoms with Crippen LogP contribution in [0.4, 0.5) is 11.6 Å². The van der Waals surface area contributed by atoms with Crippen molar-refractivity contribution < 1.29 is 0 Å². The predicted octanol–water partition coefficient (Wildman–Crippen LogP) is 1.88. The van der Waals surface area contributed by atoms with Crippen molar-refractivity contribution in [2.45, 2.75) is 38.6 Å². The molecule has 0 aromatic carbocycles. The number of likely N-dealkylation sites (N-methyl/N-ethyl adjacent to an activating group) is 1. The lowest BCUT2D eigenvalue weighted by Crippen LogP contribution is -2.41. The fraction of sp³-hybridized carbons (Fsp3) is 0.714. The van der Waals surface area contributed by atoms with Crippen LogP contribution in [0.15, 0.2) is 12.4 Å². The van der Waals surface area contributed by atoms with E-state index in [0.717, 1.165) is 31.3 Å². The smallest absolute Gasteiger partial charge is 0.134 e. The maximum Gasteiger partial charge on any atom is 0.134 e. The quantitative estimate of drug-likeness (QED) is 0.849. The van der Waals surface area contributed by atoms with Crippen LogP contribution in [0, 0.1) is 0 Å². The number of hydrogen-bond donors (Lipinski definition) is 2. The van der Waals surface area contributed by atoms with Gasteiger partial charge in [0.25, 0.3) is 0 Å². The predicted molar refractivity (Wildman–Crippen MR) is 79.7 cm³/mol. The van der Waals surface area contributed by atoms with Gasteiger partial charge in [0.15, 0.2) is 0 Å². The van der Waals surface area contributed by atoms with E-state index in [-0.39, 0.29) is 5.54 Å². The van der Waals surface area contributed by atoms with Crippen molar-refractivity contribution in [2.75, 3.05) is 36.9 Å². The molecule has 0 spiro atoms. The monoisotopic (exact) mass is 263 g/mol. The van der Waals surface area contributed by atoms with Gasteiger partial charge in [0.05, 0.1) is 0 Å². The standard InChI is InChI=1S/C14H25N5/c1-14(2,10-15-3)18-12-9-13(17-11-16-12)19-7-5-4-6-8-19/h9,11,15H,4-8,10H2,1-3H3,(H,16,17,18). The topological polar surface area (TPSA) is 53.1 Å². The maximum atomic E-state index is 4.40. The summed E-state index contributed by atoms with van der Waals surface area (Å²) in [6.07, 6.45) is 5.51. The Morgan fingerprint density at radius 3 is 2.63 bits per heavy atom. The highest BCUT2D eigenvalue weighted by Crippen LogP contribution is 2.20. The molecule has 0 atom stereocenters. The summed E-state index contributed by atoms with van der Waals surface area (Å²) in [5, 5.41) is 6.65. The molecular weight excluding hydrogens is 238 g/mol. The van der Waals surface area contributed by atoms with Crippen molar-refractivity contribution in [1.82, 2.24) is 15.3 Å². The van der Waals surface area contributed by atoms with Gasteiger partial charge in [0, 0.05) is 31.2 Å². The van der Waals surface area contributed by atoms with Crippen molar-refractivity contribution >= 4 is 11.6 Å². The maximum absolute atomic E-state index is 4.40. The molecular formula is C14H25N5. The van der Waals surface area contributed by atoms with E-state index < -0.39 is 0 Å². The molecule has 1 aromatic heterocycles. The zero-order chi connectivity index (χ0) is 13.7. The van der Waals surface area contributed by atoms with Crippen LogP contribution in [0.2, 0.25) is 0 Å². The van der Waals surface area contributed by atoms with Gasteiger partial charge in [-0.1, -0.05) is 0 Å². The van der Waals surface area contributed by atoms with E-state index in [9.17, 15) is 0 Å². The van der Waals surface area contributed by atoms with E-state index in [1.165, 1.54) is 19.3 Å². The summed E-state index contributed by atoms with van der Waals surface area (Å²) >= 11 is 0. The van der Waals surface area contributed by atoms with Crippen molar-refractivity contribution in [2.24, 2.45) is 0 Å². The molecule has 0 saturated carbocycles. The fourth-order valence-electron chi connectivity index (χ4n) is 2.54. The summed E-state index contributed by atoms with van der Waals surface area (Å²) in [6, 6.07) is 2.06. The Morgan fingerprint density at radius 2 is 1.95 bits per heavy atom. The van der Waals surface area contributed by atoms with Crippen LogP contribution in [-0.4, -0.2) is 42.2 Å². The van der Waals surface area contributed by atoms with E-state index in [4.69, 9.17) is 0 Å². The Morgan fingerprint density at radius 1 is 1.21 bits per heavy atom. The first kappa shape index (κ1) is 14.1. The molecule has 1 fully saturated rings. The van der Waals surface area contributed by atoms with E-state index in [1.54, 1.807) is 6.33 Å². The number of nitrogens with zero attached hydrogens (tertiary/aromatic N) is 3. The lowest BCUT2D eigenvalue weighted by molar-refractivity contribution is 0.528. The zero-order valence-corrected chi connectivity index (χ0v) is 12.2. The van der Waals surface area contributed by atoms with Crippen LogP contribution < -0.4 is 15.5 Å². The van der Waals surface area contributed by atoms with Crippen LogP contribution in [0.3, 0.4) is 0 Å². The Labute approximate surface area is 115 Å².